The average molecular weight is 320 g/mol. The number of benzene rings is 1. The molecule has 0 unspecified atom stereocenters. The number of halogens is 1. The molecule has 1 saturated heterocycles. The lowest BCUT2D eigenvalue weighted by Gasteiger charge is -2.32. The number of carbonyl (C=O) groups excluding carboxylic acids is 1. The van der Waals surface area contributed by atoms with Gasteiger partial charge in [0, 0.05) is 23.9 Å². The van der Waals surface area contributed by atoms with Crippen molar-refractivity contribution < 1.29 is 9.53 Å². The maximum Gasteiger partial charge on any atom is 0.310 e. The summed E-state index contributed by atoms with van der Waals surface area (Å²) in [6, 6.07) is 7.80. The molecule has 2 heterocycles. The van der Waals surface area contributed by atoms with E-state index >= 15 is 0 Å². The lowest BCUT2D eigenvalue weighted by Crippen LogP contribution is -2.40. The third-order valence-electron chi connectivity index (χ3n) is 3.96. The minimum atomic E-state index is -0.126. The van der Waals surface area contributed by atoms with Gasteiger partial charge >= 0.3 is 5.97 Å². The van der Waals surface area contributed by atoms with Crippen molar-refractivity contribution in [2.45, 2.75) is 19.8 Å². The van der Waals surface area contributed by atoms with Crippen LogP contribution in [0.4, 0.5) is 5.82 Å². The van der Waals surface area contributed by atoms with Crippen LogP contribution in [-0.2, 0) is 9.53 Å². The Hall–Kier alpha value is -1.88. The predicted octanol–water partition coefficient (Wildman–Crippen LogP) is 3.06. The van der Waals surface area contributed by atoms with Crippen LogP contribution < -0.4 is 4.90 Å². The fourth-order valence-corrected chi connectivity index (χ4v) is 3.12. The molecule has 0 spiro atoms. The van der Waals surface area contributed by atoms with Gasteiger partial charge in [0.05, 0.1) is 12.5 Å². The molecule has 1 aromatic heterocycles. The van der Waals surface area contributed by atoms with Gasteiger partial charge in [0.2, 0.25) is 0 Å². The SMILES string of the molecule is CCOC(=O)[C@H]1CCCN(c2nnc(Cl)c3ccccc23)C1. The summed E-state index contributed by atoms with van der Waals surface area (Å²) in [7, 11) is 0. The molecule has 0 N–H and O–H groups in total. The summed E-state index contributed by atoms with van der Waals surface area (Å²) in [6.45, 7) is 3.71. The molecule has 22 heavy (non-hydrogen) atoms. The Balaban J connectivity index is 1.91. The lowest BCUT2D eigenvalue weighted by atomic mass is 9.98. The summed E-state index contributed by atoms with van der Waals surface area (Å²) in [5, 5.41) is 10.6. The first kappa shape index (κ1) is 15.0. The quantitative estimate of drug-likeness (QED) is 0.814. The highest BCUT2D eigenvalue weighted by atomic mass is 35.5. The highest BCUT2D eigenvalue weighted by Gasteiger charge is 2.28. The van der Waals surface area contributed by atoms with Crippen LogP contribution in [0.2, 0.25) is 5.15 Å². The fraction of sp³-hybridized carbons (Fsp3) is 0.438. The van der Waals surface area contributed by atoms with Crippen LogP contribution in [-0.4, -0.2) is 35.9 Å². The third-order valence-corrected chi connectivity index (χ3v) is 4.24. The smallest absolute Gasteiger partial charge is 0.310 e. The van der Waals surface area contributed by atoms with Gasteiger partial charge in [-0.25, -0.2) is 0 Å². The minimum absolute atomic E-state index is 0.107. The number of fused-ring (bicyclic) bond motifs is 1. The third kappa shape index (κ3) is 2.86. The highest BCUT2D eigenvalue weighted by molar-refractivity contribution is 6.34. The zero-order valence-electron chi connectivity index (χ0n) is 12.5. The van der Waals surface area contributed by atoms with E-state index in [1.54, 1.807) is 0 Å². The number of carbonyl (C=O) groups is 1. The van der Waals surface area contributed by atoms with E-state index in [-0.39, 0.29) is 11.9 Å². The summed E-state index contributed by atoms with van der Waals surface area (Å²) in [4.78, 5) is 14.1. The van der Waals surface area contributed by atoms with Gasteiger partial charge in [-0.3, -0.25) is 4.79 Å². The van der Waals surface area contributed by atoms with Gasteiger partial charge in [0.1, 0.15) is 0 Å². The number of nitrogens with zero attached hydrogens (tertiary/aromatic N) is 3. The molecule has 5 nitrogen and oxygen atoms in total. The number of ether oxygens (including phenoxy) is 1. The molecule has 2 aromatic rings. The molecule has 0 radical (unpaired) electrons. The number of hydrogen-bond donors (Lipinski definition) is 0. The summed E-state index contributed by atoms with van der Waals surface area (Å²) in [6.07, 6.45) is 1.79. The molecule has 1 fully saturated rings. The van der Waals surface area contributed by atoms with Gasteiger partial charge in [0.15, 0.2) is 11.0 Å². The second kappa shape index (κ2) is 6.48. The van der Waals surface area contributed by atoms with Crippen molar-refractivity contribution >= 4 is 34.2 Å². The molecule has 6 heteroatoms. The molecular formula is C16H18ClN3O2. The standard InChI is InChI=1S/C16H18ClN3O2/c1-2-22-16(21)11-6-5-9-20(10-11)15-13-8-4-3-7-12(13)14(17)18-19-15/h3-4,7-8,11H,2,5-6,9-10H2,1H3/t11-/m0/s1. The Morgan fingerprint density at radius 2 is 2.14 bits per heavy atom. The molecule has 0 amide bonds. The molecule has 1 aromatic carbocycles. The van der Waals surface area contributed by atoms with E-state index in [0.717, 1.165) is 36.0 Å². The van der Waals surface area contributed by atoms with E-state index < -0.39 is 0 Å². The Kier molecular flexibility index (Phi) is 4.43. The lowest BCUT2D eigenvalue weighted by molar-refractivity contribution is -0.148. The Bertz CT molecular complexity index is 692. The van der Waals surface area contributed by atoms with Gasteiger partial charge in [-0.05, 0) is 19.8 Å². The van der Waals surface area contributed by atoms with E-state index in [0.29, 0.717) is 18.3 Å². The van der Waals surface area contributed by atoms with Crippen LogP contribution in [0, 0.1) is 5.92 Å². The van der Waals surface area contributed by atoms with Crippen molar-refractivity contribution in [1.82, 2.24) is 10.2 Å². The van der Waals surface area contributed by atoms with E-state index in [4.69, 9.17) is 16.3 Å². The van der Waals surface area contributed by atoms with Crippen LogP contribution in [0.1, 0.15) is 19.8 Å². The highest BCUT2D eigenvalue weighted by Crippen LogP contribution is 2.31. The maximum absolute atomic E-state index is 12.0. The van der Waals surface area contributed by atoms with E-state index in [1.165, 1.54) is 0 Å². The molecule has 0 saturated carbocycles. The molecule has 1 atom stereocenters. The van der Waals surface area contributed by atoms with E-state index in [9.17, 15) is 4.79 Å². The predicted molar refractivity (Wildman–Crippen MR) is 86.1 cm³/mol. The molecular weight excluding hydrogens is 302 g/mol. The normalized spacial score (nSPS) is 18.5. The zero-order valence-corrected chi connectivity index (χ0v) is 13.2. The molecule has 116 valence electrons. The van der Waals surface area contributed by atoms with Crippen molar-refractivity contribution in [3.05, 3.63) is 29.4 Å². The molecule has 1 aliphatic rings. The largest absolute Gasteiger partial charge is 0.466 e. The number of esters is 1. The van der Waals surface area contributed by atoms with Crippen LogP contribution >= 0.6 is 11.6 Å². The fourth-order valence-electron chi connectivity index (χ4n) is 2.91. The average Bonchev–Trinajstić information content (AvgIpc) is 2.56. The number of aromatic nitrogens is 2. The first-order valence-corrected chi connectivity index (χ1v) is 7.91. The number of rotatable bonds is 3. The number of anilines is 1. The van der Waals surface area contributed by atoms with Gasteiger partial charge < -0.3 is 9.64 Å². The summed E-state index contributed by atoms with van der Waals surface area (Å²) in [5.41, 5.74) is 0. The summed E-state index contributed by atoms with van der Waals surface area (Å²) in [5.74, 6) is 0.553. The molecule has 3 rings (SSSR count). The van der Waals surface area contributed by atoms with Crippen LogP contribution in [0.25, 0.3) is 10.8 Å². The van der Waals surface area contributed by atoms with Crippen molar-refractivity contribution in [3.8, 4) is 0 Å². The van der Waals surface area contributed by atoms with E-state index in [1.807, 2.05) is 31.2 Å². The van der Waals surface area contributed by atoms with Crippen molar-refractivity contribution in [2.24, 2.45) is 5.92 Å². The zero-order chi connectivity index (χ0) is 15.5. The first-order chi connectivity index (χ1) is 10.7. The second-order valence-electron chi connectivity index (χ2n) is 5.40. The first-order valence-electron chi connectivity index (χ1n) is 7.53. The van der Waals surface area contributed by atoms with Gasteiger partial charge in [-0.2, -0.15) is 0 Å². The van der Waals surface area contributed by atoms with Gasteiger partial charge in [-0.15, -0.1) is 10.2 Å². The van der Waals surface area contributed by atoms with Gasteiger partial charge in [-0.1, -0.05) is 35.9 Å². The van der Waals surface area contributed by atoms with Crippen molar-refractivity contribution in [2.75, 3.05) is 24.6 Å². The van der Waals surface area contributed by atoms with Crippen LogP contribution in [0.5, 0.6) is 0 Å². The van der Waals surface area contributed by atoms with Gasteiger partial charge in [0.25, 0.3) is 0 Å². The van der Waals surface area contributed by atoms with Crippen molar-refractivity contribution in [1.29, 1.82) is 0 Å². The second-order valence-corrected chi connectivity index (χ2v) is 5.76. The summed E-state index contributed by atoms with van der Waals surface area (Å²) < 4.78 is 5.15. The molecule has 1 aliphatic heterocycles. The Morgan fingerprint density at radius 1 is 1.36 bits per heavy atom. The van der Waals surface area contributed by atoms with E-state index in [2.05, 4.69) is 15.1 Å². The van der Waals surface area contributed by atoms with Crippen LogP contribution in [0.3, 0.4) is 0 Å². The number of hydrogen-bond acceptors (Lipinski definition) is 5. The van der Waals surface area contributed by atoms with Crippen LogP contribution in [0.15, 0.2) is 24.3 Å². The maximum atomic E-state index is 12.0. The topological polar surface area (TPSA) is 55.3 Å². The Labute approximate surface area is 134 Å². The Morgan fingerprint density at radius 3 is 2.91 bits per heavy atom. The number of piperidine rings is 1. The summed E-state index contributed by atoms with van der Waals surface area (Å²) >= 11 is 6.12. The molecule has 0 bridgehead atoms. The molecule has 0 aliphatic carbocycles. The van der Waals surface area contributed by atoms with Crippen molar-refractivity contribution in [3.63, 3.8) is 0 Å². The monoisotopic (exact) mass is 319 g/mol. The minimum Gasteiger partial charge on any atom is -0.466 e.